The molecule has 0 spiro atoms. The van der Waals surface area contributed by atoms with Crippen LogP contribution in [0.15, 0.2) is 36.5 Å². The Morgan fingerprint density at radius 2 is 0.772 bits per heavy atom. The van der Waals surface area contributed by atoms with Gasteiger partial charge in [-0.25, -0.2) is 4.57 Å². The predicted molar refractivity (Wildman–Crippen MR) is 342 cm³/mol. The number of allylic oxidation sites excluding steroid dienone is 5. The first-order valence-electron chi connectivity index (χ1n) is 34.3. The average Bonchev–Trinajstić information content (AvgIpc) is 3.41. The number of esters is 1. The summed E-state index contributed by atoms with van der Waals surface area (Å²) in [6, 6.07) is -0.844. The quantitative estimate of drug-likeness (QED) is 0.0205. The first-order valence-corrected chi connectivity index (χ1v) is 35.8. The summed E-state index contributed by atoms with van der Waals surface area (Å²) in [6.45, 7) is 7.04. The minimum atomic E-state index is -4.45. The Morgan fingerprint density at radius 3 is 1.16 bits per heavy atom. The number of likely N-dealkylation sites (N-methyl/N-ethyl adjacent to an activating group) is 1. The first kappa shape index (κ1) is 77.2. The van der Waals surface area contributed by atoms with E-state index in [2.05, 4.69) is 50.4 Å². The van der Waals surface area contributed by atoms with Crippen LogP contribution in [0.4, 0.5) is 0 Å². The molecule has 466 valence electrons. The van der Waals surface area contributed by atoms with Gasteiger partial charge in [-0.05, 0) is 63.9 Å². The second-order valence-corrected chi connectivity index (χ2v) is 26.2. The van der Waals surface area contributed by atoms with Gasteiger partial charge in [-0.1, -0.05) is 302 Å². The SMILES string of the molecule is CCCCC/C=C\C/C=C\CCCCCCCCCCCCCCCC(=O)OC(/C=C/CCCCCCCCCCC)C(COP(=O)(O)OCC[N+](C)(C)C)NC(=O)CCCCCCCCCCCCCCCCCCCCC. The van der Waals surface area contributed by atoms with Crippen molar-refractivity contribution in [2.45, 2.75) is 354 Å². The Labute approximate surface area is 491 Å². The van der Waals surface area contributed by atoms with Crippen LogP contribution in [0.2, 0.25) is 0 Å². The number of hydrogen-bond acceptors (Lipinski definition) is 6. The summed E-state index contributed by atoms with van der Waals surface area (Å²) in [4.78, 5) is 37.8. The van der Waals surface area contributed by atoms with E-state index in [1.165, 1.54) is 244 Å². The number of hydrogen-bond donors (Lipinski definition) is 2. The van der Waals surface area contributed by atoms with Gasteiger partial charge < -0.3 is 19.4 Å². The predicted octanol–water partition coefficient (Wildman–Crippen LogP) is 21.5. The highest BCUT2D eigenvalue weighted by molar-refractivity contribution is 7.47. The smallest absolute Gasteiger partial charge is 0.456 e. The molecule has 1 amide bonds. The molecule has 9 nitrogen and oxygen atoms in total. The lowest BCUT2D eigenvalue weighted by Gasteiger charge is -2.27. The highest BCUT2D eigenvalue weighted by atomic mass is 31.2. The van der Waals surface area contributed by atoms with E-state index < -0.39 is 20.0 Å². The number of carbonyl (C=O) groups is 2. The summed E-state index contributed by atoms with van der Waals surface area (Å²) in [5.74, 6) is -0.488. The zero-order chi connectivity index (χ0) is 57.9. The van der Waals surface area contributed by atoms with Crippen molar-refractivity contribution in [3.8, 4) is 0 Å². The number of carbonyl (C=O) groups excluding carboxylic acids is 2. The molecule has 3 atom stereocenters. The highest BCUT2D eigenvalue weighted by Crippen LogP contribution is 2.43. The van der Waals surface area contributed by atoms with Crippen LogP contribution < -0.4 is 5.32 Å². The first-order chi connectivity index (χ1) is 38.4. The van der Waals surface area contributed by atoms with Crippen molar-refractivity contribution in [3.05, 3.63) is 36.5 Å². The number of amides is 1. The van der Waals surface area contributed by atoms with E-state index in [4.69, 9.17) is 13.8 Å². The molecule has 0 aliphatic rings. The maximum absolute atomic E-state index is 13.6. The molecule has 2 N–H and O–H groups in total. The summed E-state index contributed by atoms with van der Waals surface area (Å²) in [7, 11) is 1.51. The maximum Gasteiger partial charge on any atom is 0.472 e. The van der Waals surface area contributed by atoms with Gasteiger partial charge in [-0.2, -0.15) is 0 Å². The fraction of sp³-hybridized carbons (Fsp3) is 0.884. The van der Waals surface area contributed by atoms with Gasteiger partial charge in [-0.3, -0.25) is 18.6 Å². The standard InChI is InChI=1S/C69H133N2O7P/c1-7-10-13-16-19-22-25-27-29-31-33-34-35-36-38-40-42-44-47-50-53-56-59-62-69(73)78-67(60-57-54-51-48-45-24-21-18-15-12-9-3)66(65-77-79(74,75)76-64-63-71(4,5)6)70-68(72)61-58-55-52-49-46-43-41-39-37-32-30-28-26-23-20-17-14-11-8-2/h19,22,27,29,57,60,66-67H,7-18,20-21,23-26,28,30-56,58-59,61-65H2,1-6H3,(H-,70,72,74,75)/p+1/b22-19-,29-27-,60-57+. The number of rotatable bonds is 63. The molecular weight excluding hydrogens is 1000 g/mol. The van der Waals surface area contributed by atoms with E-state index >= 15 is 0 Å². The molecule has 0 aromatic rings. The van der Waals surface area contributed by atoms with Crippen LogP contribution in [0.1, 0.15) is 342 Å². The van der Waals surface area contributed by atoms with E-state index in [0.29, 0.717) is 23.9 Å². The molecule has 0 aliphatic carbocycles. The molecule has 0 radical (unpaired) electrons. The van der Waals surface area contributed by atoms with Gasteiger partial charge >= 0.3 is 13.8 Å². The van der Waals surface area contributed by atoms with Crippen LogP contribution in [0.25, 0.3) is 0 Å². The number of nitrogens with zero attached hydrogens (tertiary/aromatic N) is 1. The van der Waals surface area contributed by atoms with E-state index in [-0.39, 0.29) is 25.1 Å². The summed E-state index contributed by atoms with van der Waals surface area (Å²) in [5.41, 5.74) is 0. The Bertz CT molecular complexity index is 1450. The largest absolute Gasteiger partial charge is 0.472 e. The van der Waals surface area contributed by atoms with Crippen molar-refractivity contribution in [3.63, 3.8) is 0 Å². The molecule has 0 heterocycles. The van der Waals surface area contributed by atoms with Crippen LogP contribution in [0, 0.1) is 0 Å². The zero-order valence-electron chi connectivity index (χ0n) is 53.4. The van der Waals surface area contributed by atoms with Crippen molar-refractivity contribution in [2.24, 2.45) is 0 Å². The minimum Gasteiger partial charge on any atom is -0.456 e. The number of phosphoric acid groups is 1. The maximum atomic E-state index is 13.6. The third-order valence-electron chi connectivity index (χ3n) is 15.6. The van der Waals surface area contributed by atoms with E-state index in [1.807, 2.05) is 33.3 Å². The molecule has 0 aromatic carbocycles. The topological polar surface area (TPSA) is 111 Å². The van der Waals surface area contributed by atoms with Crippen LogP contribution in [0.3, 0.4) is 0 Å². The lowest BCUT2D eigenvalue weighted by molar-refractivity contribution is -0.870. The Balaban J connectivity index is 5.04. The molecule has 0 rings (SSSR count). The molecular formula is C69H134N2O7P+. The van der Waals surface area contributed by atoms with Crippen molar-refractivity contribution < 1.29 is 37.3 Å². The molecule has 10 heteroatoms. The van der Waals surface area contributed by atoms with Crippen molar-refractivity contribution in [2.75, 3.05) is 40.9 Å². The molecule has 0 bridgehead atoms. The monoisotopic (exact) mass is 1130 g/mol. The van der Waals surface area contributed by atoms with Gasteiger partial charge in [0.25, 0.3) is 0 Å². The molecule has 3 unspecified atom stereocenters. The van der Waals surface area contributed by atoms with Crippen LogP contribution in [-0.4, -0.2) is 74.3 Å². The van der Waals surface area contributed by atoms with E-state index in [9.17, 15) is 19.0 Å². The zero-order valence-corrected chi connectivity index (χ0v) is 54.3. The van der Waals surface area contributed by atoms with Gasteiger partial charge in [-0.15, -0.1) is 0 Å². The van der Waals surface area contributed by atoms with Crippen molar-refractivity contribution in [1.82, 2.24) is 5.32 Å². The van der Waals surface area contributed by atoms with Gasteiger partial charge in [0.2, 0.25) is 5.91 Å². The Morgan fingerprint density at radius 1 is 0.443 bits per heavy atom. The van der Waals surface area contributed by atoms with Gasteiger partial charge in [0.05, 0.1) is 33.8 Å². The van der Waals surface area contributed by atoms with E-state index in [1.54, 1.807) is 0 Å². The number of quaternary nitrogens is 1. The van der Waals surface area contributed by atoms with Crippen molar-refractivity contribution in [1.29, 1.82) is 0 Å². The molecule has 79 heavy (non-hydrogen) atoms. The Kier molecular flexibility index (Phi) is 58.1. The number of unbranched alkanes of at least 4 members (excludes halogenated alkanes) is 43. The fourth-order valence-corrected chi connectivity index (χ4v) is 11.0. The summed E-state index contributed by atoms with van der Waals surface area (Å²) < 4.78 is 30.8. The lowest BCUT2D eigenvalue weighted by Crippen LogP contribution is -2.47. The second-order valence-electron chi connectivity index (χ2n) is 24.7. The third-order valence-corrected chi connectivity index (χ3v) is 16.6. The van der Waals surface area contributed by atoms with Crippen LogP contribution in [0.5, 0.6) is 0 Å². The molecule has 0 saturated carbocycles. The molecule has 0 saturated heterocycles. The number of phosphoric ester groups is 1. The van der Waals surface area contributed by atoms with Gasteiger partial charge in [0.15, 0.2) is 0 Å². The normalized spacial score (nSPS) is 13.8. The van der Waals surface area contributed by atoms with E-state index in [0.717, 1.165) is 64.2 Å². The second kappa shape index (κ2) is 59.4. The molecule has 0 aliphatic heterocycles. The Hall–Kier alpha value is -1.77. The minimum absolute atomic E-state index is 0.0432. The summed E-state index contributed by atoms with van der Waals surface area (Å²) >= 11 is 0. The van der Waals surface area contributed by atoms with Crippen LogP contribution >= 0.6 is 7.82 Å². The number of ether oxygens (including phenoxy) is 1. The fourth-order valence-electron chi connectivity index (χ4n) is 10.3. The molecule has 0 aromatic heterocycles. The van der Waals surface area contributed by atoms with Gasteiger partial charge in [0, 0.05) is 12.8 Å². The van der Waals surface area contributed by atoms with Crippen LogP contribution in [-0.2, 0) is 27.9 Å². The summed E-state index contributed by atoms with van der Waals surface area (Å²) in [5, 5.41) is 3.07. The number of nitrogens with one attached hydrogen (secondary N) is 1. The van der Waals surface area contributed by atoms with Gasteiger partial charge in [0.1, 0.15) is 19.3 Å². The summed E-state index contributed by atoms with van der Waals surface area (Å²) in [6.07, 6.45) is 72.9. The third kappa shape index (κ3) is 60.6. The average molecular weight is 1130 g/mol. The lowest BCUT2D eigenvalue weighted by atomic mass is 10.0. The molecule has 0 fully saturated rings. The van der Waals surface area contributed by atoms with Crippen molar-refractivity contribution >= 4 is 19.7 Å². The highest BCUT2D eigenvalue weighted by Gasteiger charge is 2.30.